The highest BCUT2D eigenvalue weighted by Gasteiger charge is 2.02. The molecule has 23 heavy (non-hydrogen) atoms. The van der Waals surface area contributed by atoms with Crippen LogP contribution in [-0.4, -0.2) is 30.4 Å². The van der Waals surface area contributed by atoms with Gasteiger partial charge >= 0.3 is 0 Å². The summed E-state index contributed by atoms with van der Waals surface area (Å²) in [6.07, 6.45) is 2.76. The summed E-state index contributed by atoms with van der Waals surface area (Å²) in [7, 11) is 1.74. The number of nitrogens with one attached hydrogen (secondary N) is 2. The Morgan fingerprint density at radius 2 is 2.04 bits per heavy atom. The molecule has 6 nitrogen and oxygen atoms in total. The minimum absolute atomic E-state index is 0.417. The average molecular weight is 331 g/mol. The molecule has 1 aromatic heterocycles. The third kappa shape index (κ3) is 5.37. The van der Waals surface area contributed by atoms with Gasteiger partial charge in [0.15, 0.2) is 5.96 Å². The molecule has 0 bridgehead atoms. The summed E-state index contributed by atoms with van der Waals surface area (Å²) < 4.78 is 0. The second-order valence-corrected chi connectivity index (χ2v) is 6.35. The quantitative estimate of drug-likeness (QED) is 0.552. The molecule has 0 saturated carbocycles. The van der Waals surface area contributed by atoms with E-state index in [0.29, 0.717) is 12.1 Å². The van der Waals surface area contributed by atoms with Crippen LogP contribution in [0.3, 0.4) is 0 Å². The van der Waals surface area contributed by atoms with Gasteiger partial charge in [-0.25, -0.2) is 4.98 Å². The maximum absolute atomic E-state index is 11.0. The fourth-order valence-electron chi connectivity index (χ4n) is 2.00. The minimum atomic E-state index is -0.417. The van der Waals surface area contributed by atoms with Crippen molar-refractivity contribution in [3.63, 3.8) is 0 Å². The van der Waals surface area contributed by atoms with Gasteiger partial charge < -0.3 is 16.4 Å². The predicted molar refractivity (Wildman–Crippen MR) is 93.7 cm³/mol. The Hall–Kier alpha value is -2.41. The molecule has 0 fully saturated rings. The van der Waals surface area contributed by atoms with Gasteiger partial charge in [0.25, 0.3) is 0 Å². The molecule has 2 aromatic rings. The van der Waals surface area contributed by atoms with Crippen molar-refractivity contribution in [3.05, 3.63) is 51.5 Å². The van der Waals surface area contributed by atoms with Gasteiger partial charge in [0.05, 0.1) is 5.01 Å². The number of aromatic nitrogens is 1. The van der Waals surface area contributed by atoms with E-state index in [1.54, 1.807) is 30.5 Å². The summed E-state index contributed by atoms with van der Waals surface area (Å²) in [5.41, 5.74) is 6.78. The van der Waals surface area contributed by atoms with E-state index >= 15 is 0 Å². The van der Waals surface area contributed by atoms with E-state index in [1.165, 1.54) is 4.88 Å². The lowest BCUT2D eigenvalue weighted by Gasteiger charge is -2.11. The van der Waals surface area contributed by atoms with Gasteiger partial charge in [-0.1, -0.05) is 12.1 Å². The first kappa shape index (κ1) is 17.0. The van der Waals surface area contributed by atoms with Gasteiger partial charge in [-0.15, -0.1) is 11.3 Å². The number of nitrogens with two attached hydrogens (primary N) is 1. The zero-order valence-electron chi connectivity index (χ0n) is 13.3. The molecule has 7 heteroatoms. The van der Waals surface area contributed by atoms with Gasteiger partial charge in [0.1, 0.15) is 0 Å². The van der Waals surface area contributed by atoms with Crippen LogP contribution in [0.2, 0.25) is 0 Å². The molecule has 1 amide bonds. The molecule has 0 spiro atoms. The topological polar surface area (TPSA) is 92.4 Å². The molecule has 0 aliphatic heterocycles. The van der Waals surface area contributed by atoms with E-state index < -0.39 is 5.91 Å². The Labute approximate surface area is 139 Å². The highest BCUT2D eigenvalue weighted by Crippen LogP contribution is 2.10. The number of guanidine groups is 1. The van der Waals surface area contributed by atoms with Crippen LogP contribution in [0.25, 0.3) is 0 Å². The summed E-state index contributed by atoms with van der Waals surface area (Å²) in [5, 5.41) is 7.61. The van der Waals surface area contributed by atoms with Crippen molar-refractivity contribution in [2.45, 2.75) is 19.9 Å². The summed E-state index contributed by atoms with van der Waals surface area (Å²) >= 11 is 1.71. The highest BCUT2D eigenvalue weighted by atomic mass is 32.1. The van der Waals surface area contributed by atoms with E-state index in [-0.39, 0.29) is 0 Å². The predicted octanol–water partition coefficient (Wildman–Crippen LogP) is 1.46. The van der Waals surface area contributed by atoms with Gasteiger partial charge in [0.2, 0.25) is 5.91 Å². The lowest BCUT2D eigenvalue weighted by molar-refractivity contribution is 0.100. The zero-order chi connectivity index (χ0) is 16.7. The molecule has 0 radical (unpaired) electrons. The molecule has 122 valence electrons. The van der Waals surface area contributed by atoms with E-state index in [0.717, 1.165) is 29.5 Å². The maximum Gasteiger partial charge on any atom is 0.248 e. The number of aryl methyl sites for hydroxylation is 1. The number of aliphatic imine (C=N–C) groups is 1. The first-order chi connectivity index (χ1) is 11.1. The van der Waals surface area contributed by atoms with Gasteiger partial charge in [-0.2, -0.15) is 0 Å². The molecule has 0 aliphatic carbocycles. The first-order valence-corrected chi connectivity index (χ1v) is 8.14. The summed E-state index contributed by atoms with van der Waals surface area (Å²) in [5.74, 6) is 0.316. The molecule has 4 N–H and O–H groups in total. The highest BCUT2D eigenvalue weighted by molar-refractivity contribution is 7.11. The van der Waals surface area contributed by atoms with Gasteiger partial charge in [-0.05, 0) is 24.6 Å². The van der Waals surface area contributed by atoms with E-state index in [2.05, 4.69) is 27.5 Å². The Kier molecular flexibility index (Phi) is 6.10. The molecular weight excluding hydrogens is 310 g/mol. The smallest absolute Gasteiger partial charge is 0.248 e. The van der Waals surface area contributed by atoms with E-state index in [1.807, 2.05) is 18.3 Å². The number of rotatable bonds is 6. The van der Waals surface area contributed by atoms with Crippen molar-refractivity contribution in [3.8, 4) is 0 Å². The Morgan fingerprint density at radius 3 is 2.61 bits per heavy atom. The van der Waals surface area contributed by atoms with Crippen molar-refractivity contribution in [2.75, 3.05) is 13.6 Å². The van der Waals surface area contributed by atoms with Crippen molar-refractivity contribution >= 4 is 23.2 Å². The van der Waals surface area contributed by atoms with Crippen LogP contribution in [0.1, 0.15) is 25.8 Å². The fourth-order valence-corrected chi connectivity index (χ4v) is 2.78. The summed E-state index contributed by atoms with van der Waals surface area (Å²) in [6.45, 7) is 3.45. The van der Waals surface area contributed by atoms with Gasteiger partial charge in [0, 0.05) is 43.2 Å². The van der Waals surface area contributed by atoms with E-state index in [4.69, 9.17) is 5.73 Å². The van der Waals surface area contributed by atoms with Crippen LogP contribution in [0.5, 0.6) is 0 Å². The monoisotopic (exact) mass is 331 g/mol. The number of benzene rings is 1. The lowest BCUT2D eigenvalue weighted by Crippen LogP contribution is -2.37. The number of hydrogen-bond acceptors (Lipinski definition) is 4. The van der Waals surface area contributed by atoms with Gasteiger partial charge in [-0.3, -0.25) is 9.79 Å². The van der Waals surface area contributed by atoms with E-state index in [9.17, 15) is 4.79 Å². The molecule has 0 atom stereocenters. The second kappa shape index (κ2) is 8.28. The number of amides is 1. The number of primary amides is 1. The Balaban J connectivity index is 1.77. The molecule has 0 unspecified atom stereocenters. The number of carbonyl (C=O) groups excluding carboxylic acids is 1. The second-order valence-electron chi connectivity index (χ2n) is 5.03. The largest absolute Gasteiger partial charge is 0.366 e. The van der Waals surface area contributed by atoms with Crippen LogP contribution in [0.15, 0.2) is 35.5 Å². The van der Waals surface area contributed by atoms with Crippen molar-refractivity contribution < 1.29 is 4.79 Å². The third-order valence-electron chi connectivity index (χ3n) is 3.22. The number of nitrogens with zero attached hydrogens (tertiary/aromatic N) is 2. The standard InChI is InChI=1S/C16H21N5OS/c1-11-9-20-14(23-11)7-8-19-16(18-2)21-10-12-3-5-13(6-4-12)15(17)22/h3-6,9H,7-8,10H2,1-2H3,(H2,17,22)(H2,18,19,21). The van der Waals surface area contributed by atoms with Crippen LogP contribution < -0.4 is 16.4 Å². The van der Waals surface area contributed by atoms with Crippen LogP contribution in [0.4, 0.5) is 0 Å². The molecule has 1 aromatic carbocycles. The number of carbonyl (C=O) groups is 1. The van der Waals surface area contributed by atoms with Crippen molar-refractivity contribution in [1.82, 2.24) is 15.6 Å². The third-order valence-corrected chi connectivity index (χ3v) is 4.20. The van der Waals surface area contributed by atoms with Crippen LogP contribution in [-0.2, 0) is 13.0 Å². The maximum atomic E-state index is 11.0. The summed E-state index contributed by atoms with van der Waals surface area (Å²) in [6, 6.07) is 7.19. The normalized spacial score (nSPS) is 11.3. The molecule has 0 aliphatic rings. The minimum Gasteiger partial charge on any atom is -0.366 e. The average Bonchev–Trinajstić information content (AvgIpc) is 2.96. The first-order valence-electron chi connectivity index (χ1n) is 7.33. The van der Waals surface area contributed by atoms with Crippen LogP contribution >= 0.6 is 11.3 Å². The molecule has 1 heterocycles. The van der Waals surface area contributed by atoms with Crippen molar-refractivity contribution in [2.24, 2.45) is 10.7 Å². The summed E-state index contributed by atoms with van der Waals surface area (Å²) in [4.78, 5) is 20.8. The Bertz CT molecular complexity index is 678. The number of hydrogen-bond donors (Lipinski definition) is 3. The SMILES string of the molecule is CN=C(NCCc1ncc(C)s1)NCc1ccc(C(N)=O)cc1. The Morgan fingerprint density at radius 1 is 1.30 bits per heavy atom. The van der Waals surface area contributed by atoms with Crippen LogP contribution in [0, 0.1) is 6.92 Å². The molecule has 2 rings (SSSR count). The fraction of sp³-hybridized carbons (Fsp3) is 0.312. The van der Waals surface area contributed by atoms with Crippen molar-refractivity contribution in [1.29, 1.82) is 0 Å². The lowest BCUT2D eigenvalue weighted by atomic mass is 10.1. The number of thiazole rings is 1. The zero-order valence-corrected chi connectivity index (χ0v) is 14.1. The molecule has 0 saturated heterocycles. The molecular formula is C16H21N5OS.